The second-order valence-electron chi connectivity index (χ2n) is 10.9. The normalized spacial score (nSPS) is 12.5. The lowest BCUT2D eigenvalue weighted by atomic mass is 10.2. The minimum Gasteiger partial charge on any atom is -0.494 e. The number of nitrogens with zero attached hydrogens (tertiary/aromatic N) is 7. The number of benzene rings is 4. The van der Waals surface area contributed by atoms with E-state index in [0.29, 0.717) is 12.1 Å². The number of aromatic nitrogens is 3. The average Bonchev–Trinajstić information content (AvgIpc) is 3.12. The van der Waals surface area contributed by atoms with Gasteiger partial charge in [0.15, 0.2) is 0 Å². The zero-order chi connectivity index (χ0) is 41.9. The number of methoxy groups -OCH3 is 2. The number of aromatic hydroxyl groups is 1. The first-order chi connectivity index (χ1) is 26.5. The number of anilines is 4. The van der Waals surface area contributed by atoms with Crippen molar-refractivity contribution in [3.8, 4) is 17.5 Å². The molecule has 5 rings (SSSR count). The number of hydrogen-bond donors (Lipinski definition) is 7. The van der Waals surface area contributed by atoms with Gasteiger partial charge in [-0.05, 0) is 60.7 Å². The van der Waals surface area contributed by atoms with Gasteiger partial charge in [-0.3, -0.25) is 18.2 Å². The Balaban J connectivity index is 1.36. The summed E-state index contributed by atoms with van der Waals surface area (Å²) in [6.45, 7) is 0. The molecule has 0 saturated carbocycles. The van der Waals surface area contributed by atoms with E-state index >= 15 is 0 Å². The highest BCUT2D eigenvalue weighted by Gasteiger charge is 2.20. The molecule has 0 spiro atoms. The first-order valence-corrected chi connectivity index (χ1v) is 20.7. The van der Waals surface area contributed by atoms with Gasteiger partial charge < -0.3 is 25.2 Å². The van der Waals surface area contributed by atoms with Gasteiger partial charge in [0, 0.05) is 12.1 Å². The van der Waals surface area contributed by atoms with E-state index in [1.807, 2.05) is 0 Å². The molecule has 1 heterocycles. The molecule has 0 atom stereocenters. The van der Waals surface area contributed by atoms with Crippen molar-refractivity contribution in [1.29, 1.82) is 0 Å². The van der Waals surface area contributed by atoms with Crippen LogP contribution < -0.4 is 20.1 Å². The molecule has 0 unspecified atom stereocenters. The standard InChI is InChI=1S/C29H25N9O15S4/c1-52-25-11-15(35-37-17-7-19(54(40,41)42)13-20(8-17)55(43,44)45)3-5-23(25)30-27-32-28(34-29(39)33-27)31-24-6-4-16(12-26(24)53-2)36-38-18-9-21(56(46,47)48)14-22(10-18)57(49,50)51/h3-14H,1-2H3,(H,40,41,42)(H,43,44,45)(H,46,47,48)(H,49,50,51)(H3,30,31,32,33,34,39). The van der Waals surface area contributed by atoms with Crippen LogP contribution in [-0.2, 0) is 40.5 Å². The maximum Gasteiger partial charge on any atom is 0.320 e. The minimum atomic E-state index is -4.89. The van der Waals surface area contributed by atoms with Crippen molar-refractivity contribution in [2.24, 2.45) is 20.5 Å². The van der Waals surface area contributed by atoms with Crippen LogP contribution in [0.2, 0.25) is 0 Å². The molecule has 0 bridgehead atoms. The Hall–Kier alpha value is -6.27. The van der Waals surface area contributed by atoms with Crippen LogP contribution in [0.15, 0.2) is 113 Å². The summed E-state index contributed by atoms with van der Waals surface area (Å²) >= 11 is 0. The van der Waals surface area contributed by atoms with Gasteiger partial charge in [-0.2, -0.15) is 69.1 Å². The van der Waals surface area contributed by atoms with Crippen LogP contribution in [0, 0.1) is 0 Å². The lowest BCUT2D eigenvalue weighted by molar-refractivity contribution is 0.416. The summed E-state index contributed by atoms with van der Waals surface area (Å²) in [5, 5.41) is 31.3. The number of hydrogen-bond acceptors (Lipinski definition) is 20. The lowest BCUT2D eigenvalue weighted by Gasteiger charge is -2.13. The van der Waals surface area contributed by atoms with Crippen molar-refractivity contribution < 1.29 is 66.5 Å². The van der Waals surface area contributed by atoms with E-state index in [-0.39, 0.29) is 57.5 Å². The van der Waals surface area contributed by atoms with Crippen LogP contribution in [0.5, 0.6) is 17.5 Å². The Morgan fingerprint density at radius 1 is 0.474 bits per heavy atom. The molecule has 0 aliphatic carbocycles. The largest absolute Gasteiger partial charge is 0.494 e. The summed E-state index contributed by atoms with van der Waals surface area (Å²) in [6, 6.07) is 12.0. The van der Waals surface area contributed by atoms with E-state index in [0.717, 1.165) is 24.3 Å². The third-order valence-corrected chi connectivity index (χ3v) is 10.3. The topological polar surface area (TPSA) is 368 Å². The van der Waals surface area contributed by atoms with E-state index in [9.17, 15) is 57.0 Å². The summed E-state index contributed by atoms with van der Waals surface area (Å²) in [4.78, 5) is 8.43. The molecule has 0 aliphatic rings. The van der Waals surface area contributed by atoms with E-state index in [1.165, 1.54) is 50.6 Å². The number of nitrogens with one attached hydrogen (secondary N) is 2. The number of azo groups is 2. The number of ether oxygens (including phenoxy) is 2. The Labute approximate surface area is 322 Å². The highest BCUT2D eigenvalue weighted by Crippen LogP contribution is 2.35. The maximum atomic E-state index is 11.6. The summed E-state index contributed by atoms with van der Waals surface area (Å²) in [6.07, 6.45) is 0. The fraction of sp³-hybridized carbons (Fsp3) is 0.0690. The molecular weight excluding hydrogens is 843 g/mol. The van der Waals surface area contributed by atoms with Gasteiger partial charge in [0.05, 0.1) is 67.9 Å². The monoisotopic (exact) mass is 867 g/mol. The van der Waals surface area contributed by atoms with Gasteiger partial charge in [-0.15, -0.1) is 0 Å². The molecule has 7 N–H and O–H groups in total. The second kappa shape index (κ2) is 16.1. The van der Waals surface area contributed by atoms with Gasteiger partial charge in [-0.25, -0.2) is 0 Å². The molecule has 57 heavy (non-hydrogen) atoms. The highest BCUT2D eigenvalue weighted by molar-refractivity contribution is 7.87. The molecular formula is C29H25N9O15S4. The molecule has 300 valence electrons. The maximum absolute atomic E-state index is 11.6. The fourth-order valence-electron chi connectivity index (χ4n) is 4.46. The number of rotatable bonds is 14. The molecule has 1 aromatic heterocycles. The molecule has 28 heteroatoms. The Kier molecular flexibility index (Phi) is 11.8. The molecule has 0 amide bonds. The molecule has 0 aliphatic heterocycles. The van der Waals surface area contributed by atoms with E-state index in [4.69, 9.17) is 9.47 Å². The third kappa shape index (κ3) is 10.9. The van der Waals surface area contributed by atoms with Crippen LogP contribution >= 0.6 is 0 Å². The van der Waals surface area contributed by atoms with Crippen molar-refractivity contribution in [2.75, 3.05) is 24.9 Å². The van der Waals surface area contributed by atoms with E-state index in [2.05, 4.69) is 46.0 Å². The van der Waals surface area contributed by atoms with Crippen LogP contribution in [0.4, 0.5) is 46.0 Å². The van der Waals surface area contributed by atoms with Crippen molar-refractivity contribution in [2.45, 2.75) is 19.6 Å². The van der Waals surface area contributed by atoms with Crippen LogP contribution in [0.25, 0.3) is 0 Å². The SMILES string of the molecule is COc1cc(N=Nc2cc(S(=O)(=O)O)cc(S(=O)(=O)O)c2)ccc1Nc1nc(O)nc(Nc2ccc(N=Nc3cc(S(=O)(=O)O)cc(S(=O)(=O)O)c3)cc2OC)n1. The van der Waals surface area contributed by atoms with Gasteiger partial charge in [-0.1, -0.05) is 0 Å². The summed E-state index contributed by atoms with van der Waals surface area (Å²) in [7, 11) is -16.9. The molecule has 5 aromatic rings. The zero-order valence-corrected chi connectivity index (χ0v) is 31.8. The Morgan fingerprint density at radius 3 is 1.09 bits per heavy atom. The van der Waals surface area contributed by atoms with Gasteiger partial charge in [0.1, 0.15) is 11.5 Å². The average molecular weight is 868 g/mol. The molecule has 0 fully saturated rings. The minimum absolute atomic E-state index is 0.105. The molecule has 0 saturated heterocycles. The summed E-state index contributed by atoms with van der Waals surface area (Å²) in [5.74, 6) is -0.149. The van der Waals surface area contributed by atoms with E-state index < -0.39 is 66.1 Å². The van der Waals surface area contributed by atoms with Crippen LogP contribution in [-0.4, -0.2) is 86.2 Å². The predicted octanol–water partition coefficient (Wildman–Crippen LogP) is 4.90. The van der Waals surface area contributed by atoms with Gasteiger partial charge in [0.25, 0.3) is 40.5 Å². The van der Waals surface area contributed by atoms with Gasteiger partial charge >= 0.3 is 6.01 Å². The molecule has 0 radical (unpaired) electrons. The summed E-state index contributed by atoms with van der Waals surface area (Å²) < 4.78 is 141. The third-order valence-electron chi connectivity index (χ3n) is 6.97. The van der Waals surface area contributed by atoms with Crippen LogP contribution in [0.3, 0.4) is 0 Å². The van der Waals surface area contributed by atoms with Crippen molar-refractivity contribution in [3.05, 3.63) is 72.8 Å². The van der Waals surface area contributed by atoms with Crippen LogP contribution in [0.1, 0.15) is 0 Å². The van der Waals surface area contributed by atoms with E-state index in [1.54, 1.807) is 0 Å². The Bertz CT molecular complexity index is 2620. The summed E-state index contributed by atoms with van der Waals surface area (Å²) in [5.41, 5.74) is -0.0318. The molecule has 4 aromatic carbocycles. The molecule has 24 nitrogen and oxygen atoms in total. The Morgan fingerprint density at radius 2 is 0.789 bits per heavy atom. The zero-order valence-electron chi connectivity index (χ0n) is 28.5. The first kappa shape index (κ1) is 41.9. The fourth-order valence-corrected chi connectivity index (χ4v) is 6.80. The smallest absolute Gasteiger partial charge is 0.320 e. The van der Waals surface area contributed by atoms with Crippen molar-refractivity contribution in [3.63, 3.8) is 0 Å². The predicted molar refractivity (Wildman–Crippen MR) is 195 cm³/mol. The second-order valence-corrected chi connectivity index (χ2v) is 16.6. The lowest BCUT2D eigenvalue weighted by Crippen LogP contribution is -2.05. The van der Waals surface area contributed by atoms with Gasteiger partial charge in [0.2, 0.25) is 11.9 Å². The highest BCUT2D eigenvalue weighted by atomic mass is 32.2. The van der Waals surface area contributed by atoms with Crippen molar-refractivity contribution >= 4 is 86.5 Å². The quantitative estimate of drug-likeness (QED) is 0.0576. The first-order valence-electron chi connectivity index (χ1n) is 14.9. The van der Waals surface area contributed by atoms with Crippen molar-refractivity contribution in [1.82, 2.24) is 15.0 Å².